The molecule has 0 bridgehead atoms. The standard InChI is InChI=1S/C10H12F/c1-3-8(2)9-5-4-6-10(11)7-9/h4-8H,1,3H2,2H3. The van der Waals surface area contributed by atoms with Crippen LogP contribution in [0.4, 0.5) is 4.39 Å². The van der Waals surface area contributed by atoms with E-state index >= 15 is 0 Å². The molecule has 0 nitrogen and oxygen atoms in total. The molecule has 0 fully saturated rings. The van der Waals surface area contributed by atoms with Gasteiger partial charge in [0.2, 0.25) is 0 Å². The van der Waals surface area contributed by atoms with Crippen molar-refractivity contribution in [2.75, 3.05) is 0 Å². The summed E-state index contributed by atoms with van der Waals surface area (Å²) in [7, 11) is 0. The summed E-state index contributed by atoms with van der Waals surface area (Å²) in [5.74, 6) is 0.188. The van der Waals surface area contributed by atoms with Crippen LogP contribution in [0.2, 0.25) is 0 Å². The lowest BCUT2D eigenvalue weighted by Gasteiger charge is -2.07. The summed E-state index contributed by atoms with van der Waals surface area (Å²) in [5.41, 5.74) is 1.03. The molecule has 1 radical (unpaired) electrons. The Kier molecular flexibility index (Phi) is 2.64. The molecule has 0 amide bonds. The van der Waals surface area contributed by atoms with Crippen LogP contribution in [0.25, 0.3) is 0 Å². The first kappa shape index (κ1) is 8.25. The number of rotatable bonds is 2. The van der Waals surface area contributed by atoms with E-state index in [1.807, 2.05) is 13.0 Å². The molecule has 0 N–H and O–H groups in total. The zero-order chi connectivity index (χ0) is 8.27. The first-order chi connectivity index (χ1) is 5.24. The van der Waals surface area contributed by atoms with E-state index in [-0.39, 0.29) is 5.82 Å². The monoisotopic (exact) mass is 151 g/mol. The summed E-state index contributed by atoms with van der Waals surface area (Å²) < 4.78 is 12.6. The highest BCUT2D eigenvalue weighted by Gasteiger charge is 2.02. The van der Waals surface area contributed by atoms with E-state index < -0.39 is 0 Å². The number of benzene rings is 1. The molecule has 0 saturated heterocycles. The first-order valence-electron chi connectivity index (χ1n) is 3.78. The lowest BCUT2D eigenvalue weighted by Crippen LogP contribution is -1.91. The second-order valence-electron chi connectivity index (χ2n) is 2.74. The van der Waals surface area contributed by atoms with E-state index in [9.17, 15) is 4.39 Å². The van der Waals surface area contributed by atoms with E-state index in [2.05, 4.69) is 6.92 Å². The van der Waals surface area contributed by atoms with Crippen LogP contribution in [0.15, 0.2) is 24.3 Å². The normalized spacial score (nSPS) is 13.0. The molecular weight excluding hydrogens is 139 g/mol. The number of halogens is 1. The Hall–Kier alpha value is -0.850. The molecule has 11 heavy (non-hydrogen) atoms. The van der Waals surface area contributed by atoms with Gasteiger partial charge in [-0.15, -0.1) is 0 Å². The Morgan fingerprint density at radius 1 is 1.55 bits per heavy atom. The zero-order valence-corrected chi connectivity index (χ0v) is 6.68. The fraction of sp³-hybridized carbons (Fsp3) is 0.300. The molecule has 1 unspecified atom stereocenters. The highest BCUT2D eigenvalue weighted by atomic mass is 19.1. The van der Waals surface area contributed by atoms with Crippen molar-refractivity contribution in [3.63, 3.8) is 0 Å². The Balaban J connectivity index is 2.86. The molecule has 0 heterocycles. The van der Waals surface area contributed by atoms with Gasteiger partial charge in [-0.3, -0.25) is 0 Å². The van der Waals surface area contributed by atoms with Crippen molar-refractivity contribution in [1.82, 2.24) is 0 Å². The van der Waals surface area contributed by atoms with Gasteiger partial charge in [-0.1, -0.05) is 26.0 Å². The molecule has 0 aliphatic rings. The van der Waals surface area contributed by atoms with E-state index in [0.29, 0.717) is 5.92 Å². The van der Waals surface area contributed by atoms with Crippen molar-refractivity contribution in [1.29, 1.82) is 0 Å². The van der Waals surface area contributed by atoms with Gasteiger partial charge < -0.3 is 0 Å². The summed E-state index contributed by atoms with van der Waals surface area (Å²) in [5, 5.41) is 0. The van der Waals surface area contributed by atoms with E-state index in [0.717, 1.165) is 12.0 Å². The maximum absolute atomic E-state index is 12.6. The largest absolute Gasteiger partial charge is 0.207 e. The highest BCUT2D eigenvalue weighted by molar-refractivity contribution is 5.19. The van der Waals surface area contributed by atoms with Gasteiger partial charge in [-0.25, -0.2) is 4.39 Å². The number of hydrogen-bond acceptors (Lipinski definition) is 0. The topological polar surface area (TPSA) is 0 Å². The third-order valence-electron chi connectivity index (χ3n) is 1.85. The van der Waals surface area contributed by atoms with E-state index in [4.69, 9.17) is 0 Å². The molecule has 0 aliphatic carbocycles. The summed E-state index contributed by atoms with van der Waals surface area (Å²) in [4.78, 5) is 0. The van der Waals surface area contributed by atoms with Crippen molar-refractivity contribution >= 4 is 0 Å². The molecule has 0 aromatic heterocycles. The molecule has 1 aromatic rings. The van der Waals surface area contributed by atoms with Crippen LogP contribution in [-0.4, -0.2) is 0 Å². The molecule has 0 spiro atoms. The highest BCUT2D eigenvalue weighted by Crippen LogP contribution is 2.18. The van der Waals surface area contributed by atoms with Crippen LogP contribution >= 0.6 is 0 Å². The molecule has 1 heteroatoms. The van der Waals surface area contributed by atoms with Gasteiger partial charge in [-0.2, -0.15) is 0 Å². The van der Waals surface area contributed by atoms with E-state index in [1.165, 1.54) is 6.07 Å². The third-order valence-corrected chi connectivity index (χ3v) is 1.85. The van der Waals surface area contributed by atoms with Gasteiger partial charge >= 0.3 is 0 Å². The number of hydrogen-bond donors (Lipinski definition) is 0. The zero-order valence-electron chi connectivity index (χ0n) is 6.68. The molecule has 1 atom stereocenters. The molecule has 0 saturated carbocycles. The van der Waals surface area contributed by atoms with Crippen LogP contribution in [0.1, 0.15) is 24.8 Å². The van der Waals surface area contributed by atoms with E-state index in [1.54, 1.807) is 12.1 Å². The minimum atomic E-state index is -0.164. The predicted molar refractivity (Wildman–Crippen MR) is 44.8 cm³/mol. The van der Waals surface area contributed by atoms with Gasteiger partial charge in [-0.05, 0) is 30.0 Å². The van der Waals surface area contributed by atoms with Crippen LogP contribution in [0, 0.1) is 12.7 Å². The summed E-state index contributed by atoms with van der Waals surface area (Å²) >= 11 is 0. The average Bonchev–Trinajstić information content (AvgIpc) is 2.03. The van der Waals surface area contributed by atoms with Crippen LogP contribution < -0.4 is 0 Å². The lowest BCUT2D eigenvalue weighted by molar-refractivity contribution is 0.621. The van der Waals surface area contributed by atoms with Crippen molar-refractivity contribution in [2.24, 2.45) is 0 Å². The van der Waals surface area contributed by atoms with Crippen molar-refractivity contribution < 1.29 is 4.39 Å². The van der Waals surface area contributed by atoms with Crippen LogP contribution in [-0.2, 0) is 0 Å². The predicted octanol–water partition coefficient (Wildman–Crippen LogP) is 3.15. The Morgan fingerprint density at radius 3 is 2.82 bits per heavy atom. The Morgan fingerprint density at radius 2 is 2.27 bits per heavy atom. The summed E-state index contributed by atoms with van der Waals surface area (Å²) in [6.07, 6.45) is 0.809. The molecule has 0 aliphatic heterocycles. The fourth-order valence-corrected chi connectivity index (χ4v) is 0.980. The molecular formula is C10H12F. The van der Waals surface area contributed by atoms with Gasteiger partial charge in [0, 0.05) is 0 Å². The maximum Gasteiger partial charge on any atom is 0.123 e. The average molecular weight is 151 g/mol. The molecule has 1 rings (SSSR count). The fourth-order valence-electron chi connectivity index (χ4n) is 0.980. The lowest BCUT2D eigenvalue weighted by atomic mass is 9.99. The maximum atomic E-state index is 12.6. The molecule has 1 aromatic carbocycles. The second kappa shape index (κ2) is 3.51. The van der Waals surface area contributed by atoms with Crippen molar-refractivity contribution in [3.05, 3.63) is 42.6 Å². The molecule has 59 valence electrons. The van der Waals surface area contributed by atoms with Crippen LogP contribution in [0.3, 0.4) is 0 Å². The summed E-state index contributed by atoms with van der Waals surface area (Å²) in [6.45, 7) is 5.81. The minimum Gasteiger partial charge on any atom is -0.207 e. The Labute approximate surface area is 67.1 Å². The van der Waals surface area contributed by atoms with Gasteiger partial charge in [0.05, 0.1) is 0 Å². The van der Waals surface area contributed by atoms with Gasteiger partial charge in [0.1, 0.15) is 5.82 Å². The minimum absolute atomic E-state index is 0.164. The van der Waals surface area contributed by atoms with Gasteiger partial charge in [0.15, 0.2) is 0 Å². The first-order valence-corrected chi connectivity index (χ1v) is 3.78. The SMILES string of the molecule is [CH2]CC(C)c1cccc(F)c1. The van der Waals surface area contributed by atoms with Crippen molar-refractivity contribution in [3.8, 4) is 0 Å². The Bertz CT molecular complexity index is 230. The van der Waals surface area contributed by atoms with Gasteiger partial charge in [0.25, 0.3) is 0 Å². The smallest absolute Gasteiger partial charge is 0.123 e. The van der Waals surface area contributed by atoms with Crippen LogP contribution in [0.5, 0.6) is 0 Å². The second-order valence-corrected chi connectivity index (χ2v) is 2.74. The summed E-state index contributed by atoms with van der Waals surface area (Å²) in [6, 6.07) is 6.69. The van der Waals surface area contributed by atoms with Crippen molar-refractivity contribution in [2.45, 2.75) is 19.3 Å². The quantitative estimate of drug-likeness (QED) is 0.609. The third kappa shape index (κ3) is 2.04.